The van der Waals surface area contributed by atoms with Crippen LogP contribution in [-0.2, 0) is 0 Å². The van der Waals surface area contributed by atoms with Gasteiger partial charge in [-0.25, -0.2) is 0 Å². The van der Waals surface area contributed by atoms with E-state index in [2.05, 4.69) is 43.7 Å². The molecule has 0 spiro atoms. The summed E-state index contributed by atoms with van der Waals surface area (Å²) in [6.45, 7) is 7.89. The first-order chi connectivity index (χ1) is 7.29. The number of rotatable bonds is 2. The Hall–Kier alpha value is -0.610. The Morgan fingerprint density at radius 3 is 2.60 bits per heavy atom. The SMILES string of the molecule is CCN1CCN(c2cncc(Br)c2)CC1. The molecule has 2 rings (SSSR count). The van der Waals surface area contributed by atoms with Crippen LogP contribution in [0.3, 0.4) is 0 Å². The standard InChI is InChI=1S/C11H16BrN3/c1-2-14-3-5-15(6-4-14)11-7-10(12)8-13-9-11/h7-9H,2-6H2,1H3. The second kappa shape index (κ2) is 4.94. The molecule has 0 bridgehead atoms. The van der Waals surface area contributed by atoms with Gasteiger partial charge in [0, 0.05) is 36.8 Å². The van der Waals surface area contributed by atoms with Crippen LogP contribution in [0.15, 0.2) is 22.9 Å². The Labute approximate surface area is 99.2 Å². The summed E-state index contributed by atoms with van der Waals surface area (Å²) in [5.74, 6) is 0. The Kier molecular flexibility index (Phi) is 3.59. The van der Waals surface area contributed by atoms with Crippen molar-refractivity contribution in [3.63, 3.8) is 0 Å². The number of hydrogen-bond donors (Lipinski definition) is 0. The highest BCUT2D eigenvalue weighted by Gasteiger charge is 2.15. The van der Waals surface area contributed by atoms with Crippen molar-refractivity contribution in [3.8, 4) is 0 Å². The van der Waals surface area contributed by atoms with Gasteiger partial charge in [-0.3, -0.25) is 4.98 Å². The quantitative estimate of drug-likeness (QED) is 0.819. The van der Waals surface area contributed by atoms with Crippen molar-refractivity contribution in [2.75, 3.05) is 37.6 Å². The lowest BCUT2D eigenvalue weighted by Crippen LogP contribution is -2.46. The second-order valence-corrected chi connectivity index (χ2v) is 4.70. The van der Waals surface area contributed by atoms with E-state index in [1.807, 2.05) is 12.4 Å². The van der Waals surface area contributed by atoms with E-state index in [0.29, 0.717) is 0 Å². The number of pyridine rings is 1. The van der Waals surface area contributed by atoms with Gasteiger partial charge in [0.2, 0.25) is 0 Å². The van der Waals surface area contributed by atoms with E-state index in [9.17, 15) is 0 Å². The summed E-state index contributed by atoms with van der Waals surface area (Å²) >= 11 is 3.45. The molecule has 0 aromatic carbocycles. The Morgan fingerprint density at radius 2 is 2.00 bits per heavy atom. The fraction of sp³-hybridized carbons (Fsp3) is 0.545. The van der Waals surface area contributed by atoms with E-state index in [-0.39, 0.29) is 0 Å². The van der Waals surface area contributed by atoms with Crippen molar-refractivity contribution in [1.29, 1.82) is 0 Å². The van der Waals surface area contributed by atoms with E-state index < -0.39 is 0 Å². The van der Waals surface area contributed by atoms with Crippen LogP contribution in [0.1, 0.15) is 6.92 Å². The third kappa shape index (κ3) is 2.69. The van der Waals surface area contributed by atoms with Crippen LogP contribution < -0.4 is 4.90 Å². The van der Waals surface area contributed by atoms with Crippen LogP contribution in [0.2, 0.25) is 0 Å². The van der Waals surface area contributed by atoms with Crippen LogP contribution in [0.4, 0.5) is 5.69 Å². The summed E-state index contributed by atoms with van der Waals surface area (Å²) in [6.07, 6.45) is 3.76. The predicted octanol–water partition coefficient (Wildman–Crippen LogP) is 1.99. The Morgan fingerprint density at radius 1 is 1.27 bits per heavy atom. The predicted molar refractivity (Wildman–Crippen MR) is 66.3 cm³/mol. The topological polar surface area (TPSA) is 19.4 Å². The summed E-state index contributed by atoms with van der Waals surface area (Å²) in [5, 5.41) is 0. The van der Waals surface area contributed by atoms with Gasteiger partial charge in [-0.2, -0.15) is 0 Å². The third-order valence-electron chi connectivity index (χ3n) is 2.88. The molecule has 15 heavy (non-hydrogen) atoms. The first-order valence-corrected chi connectivity index (χ1v) is 6.16. The zero-order chi connectivity index (χ0) is 10.7. The maximum Gasteiger partial charge on any atom is 0.0564 e. The molecule has 1 aromatic rings. The molecule has 1 aliphatic heterocycles. The number of anilines is 1. The summed E-state index contributed by atoms with van der Waals surface area (Å²) in [6, 6.07) is 2.13. The number of halogens is 1. The highest BCUT2D eigenvalue weighted by atomic mass is 79.9. The molecule has 0 N–H and O–H groups in total. The zero-order valence-corrected chi connectivity index (χ0v) is 10.6. The third-order valence-corrected chi connectivity index (χ3v) is 3.31. The fourth-order valence-electron chi connectivity index (χ4n) is 1.90. The molecule has 82 valence electrons. The molecule has 0 amide bonds. The molecule has 1 aliphatic rings. The molecule has 1 saturated heterocycles. The van der Waals surface area contributed by atoms with Gasteiger partial charge in [-0.05, 0) is 28.5 Å². The van der Waals surface area contributed by atoms with Gasteiger partial charge < -0.3 is 9.80 Å². The molecule has 0 atom stereocenters. The number of likely N-dealkylation sites (N-methyl/N-ethyl adjacent to an activating group) is 1. The van der Waals surface area contributed by atoms with Gasteiger partial charge in [0.15, 0.2) is 0 Å². The number of aromatic nitrogens is 1. The fourth-order valence-corrected chi connectivity index (χ4v) is 2.25. The van der Waals surface area contributed by atoms with Crippen molar-refractivity contribution < 1.29 is 0 Å². The van der Waals surface area contributed by atoms with Crippen LogP contribution in [0.25, 0.3) is 0 Å². The van der Waals surface area contributed by atoms with Crippen molar-refractivity contribution in [1.82, 2.24) is 9.88 Å². The molecule has 1 aromatic heterocycles. The van der Waals surface area contributed by atoms with Gasteiger partial charge in [-0.15, -0.1) is 0 Å². The molecule has 0 radical (unpaired) electrons. The molecule has 3 nitrogen and oxygen atoms in total. The largest absolute Gasteiger partial charge is 0.368 e. The van der Waals surface area contributed by atoms with Gasteiger partial charge in [-0.1, -0.05) is 6.92 Å². The lowest BCUT2D eigenvalue weighted by molar-refractivity contribution is 0.271. The minimum atomic E-state index is 1.05. The minimum absolute atomic E-state index is 1.05. The van der Waals surface area contributed by atoms with E-state index in [0.717, 1.165) is 37.2 Å². The van der Waals surface area contributed by atoms with Crippen molar-refractivity contribution in [2.24, 2.45) is 0 Å². The number of piperazine rings is 1. The van der Waals surface area contributed by atoms with Gasteiger partial charge in [0.25, 0.3) is 0 Å². The van der Waals surface area contributed by atoms with E-state index in [1.54, 1.807) is 0 Å². The summed E-state index contributed by atoms with van der Waals surface area (Å²) in [4.78, 5) is 9.06. The molecular formula is C11H16BrN3. The van der Waals surface area contributed by atoms with Crippen LogP contribution in [0, 0.1) is 0 Å². The average molecular weight is 270 g/mol. The zero-order valence-electron chi connectivity index (χ0n) is 8.99. The van der Waals surface area contributed by atoms with Crippen molar-refractivity contribution in [2.45, 2.75) is 6.92 Å². The lowest BCUT2D eigenvalue weighted by atomic mass is 10.3. The monoisotopic (exact) mass is 269 g/mol. The number of nitrogens with zero attached hydrogens (tertiary/aromatic N) is 3. The Bertz CT molecular complexity index is 321. The van der Waals surface area contributed by atoms with Crippen molar-refractivity contribution >= 4 is 21.6 Å². The first kappa shape index (κ1) is 10.9. The van der Waals surface area contributed by atoms with E-state index >= 15 is 0 Å². The van der Waals surface area contributed by atoms with Crippen molar-refractivity contribution in [3.05, 3.63) is 22.9 Å². The highest BCUT2D eigenvalue weighted by molar-refractivity contribution is 9.10. The van der Waals surface area contributed by atoms with Crippen LogP contribution in [0.5, 0.6) is 0 Å². The normalized spacial score (nSPS) is 18.1. The molecule has 2 heterocycles. The molecular weight excluding hydrogens is 254 g/mol. The van der Waals surface area contributed by atoms with Gasteiger partial charge >= 0.3 is 0 Å². The Balaban J connectivity index is 2.01. The van der Waals surface area contributed by atoms with E-state index in [1.165, 1.54) is 5.69 Å². The summed E-state index contributed by atoms with van der Waals surface area (Å²) in [5.41, 5.74) is 1.22. The van der Waals surface area contributed by atoms with Gasteiger partial charge in [0.1, 0.15) is 0 Å². The highest BCUT2D eigenvalue weighted by Crippen LogP contribution is 2.19. The maximum absolute atomic E-state index is 4.20. The molecule has 0 aliphatic carbocycles. The summed E-state index contributed by atoms with van der Waals surface area (Å²) < 4.78 is 1.05. The van der Waals surface area contributed by atoms with Crippen LogP contribution in [-0.4, -0.2) is 42.6 Å². The second-order valence-electron chi connectivity index (χ2n) is 3.78. The molecule has 0 unspecified atom stereocenters. The van der Waals surface area contributed by atoms with Gasteiger partial charge in [0.05, 0.1) is 11.9 Å². The molecule has 0 saturated carbocycles. The maximum atomic E-state index is 4.20. The average Bonchev–Trinajstić information content (AvgIpc) is 2.29. The summed E-state index contributed by atoms with van der Waals surface area (Å²) in [7, 11) is 0. The molecule has 1 fully saturated rings. The lowest BCUT2D eigenvalue weighted by Gasteiger charge is -2.35. The first-order valence-electron chi connectivity index (χ1n) is 5.37. The minimum Gasteiger partial charge on any atom is -0.368 e. The molecule has 4 heteroatoms. The van der Waals surface area contributed by atoms with E-state index in [4.69, 9.17) is 0 Å². The van der Waals surface area contributed by atoms with Crippen LogP contribution >= 0.6 is 15.9 Å². The number of hydrogen-bond acceptors (Lipinski definition) is 3. The smallest absolute Gasteiger partial charge is 0.0564 e.